The molecule has 1 rings (SSSR count). The standard InChI is InChI=1S/C6H9NO2S2.C2H6/c1-7-5(8)3(10)4(11-2)6(7)9;1-2/h3-4,10H,1-2H3;1-2H3. The van der Waals surface area contributed by atoms with Crippen LogP contribution in [0.3, 0.4) is 0 Å². The molecule has 0 N–H and O–H groups in total. The first-order valence-corrected chi connectivity index (χ1v) is 5.92. The van der Waals surface area contributed by atoms with Crippen LogP contribution in [0.5, 0.6) is 0 Å². The number of amides is 2. The summed E-state index contributed by atoms with van der Waals surface area (Å²) in [4.78, 5) is 23.4. The van der Waals surface area contributed by atoms with Crippen molar-refractivity contribution in [2.75, 3.05) is 13.3 Å². The fraction of sp³-hybridized carbons (Fsp3) is 0.750. The molecule has 1 fully saturated rings. The fourth-order valence-corrected chi connectivity index (χ4v) is 2.39. The molecular weight excluding hydrogens is 206 g/mol. The Bertz CT molecular complexity index is 208. The molecule has 5 heteroatoms. The quantitative estimate of drug-likeness (QED) is 0.531. The summed E-state index contributed by atoms with van der Waals surface area (Å²) in [6.07, 6.45) is 1.80. The SMILES string of the molecule is CC.CSC1C(=O)N(C)C(=O)C1S. The monoisotopic (exact) mass is 221 g/mol. The average Bonchev–Trinajstić information content (AvgIpc) is 2.35. The highest BCUT2D eigenvalue weighted by molar-refractivity contribution is 8.01. The third-order valence-electron chi connectivity index (χ3n) is 1.70. The number of rotatable bonds is 1. The van der Waals surface area contributed by atoms with Crippen LogP contribution in [0.4, 0.5) is 0 Å². The molecule has 3 nitrogen and oxygen atoms in total. The first kappa shape index (κ1) is 12.8. The van der Waals surface area contributed by atoms with Gasteiger partial charge in [0, 0.05) is 7.05 Å². The summed E-state index contributed by atoms with van der Waals surface area (Å²) in [7, 11) is 1.49. The number of thioether (sulfide) groups is 1. The van der Waals surface area contributed by atoms with Crippen molar-refractivity contribution in [3.05, 3.63) is 0 Å². The van der Waals surface area contributed by atoms with E-state index in [9.17, 15) is 9.59 Å². The molecule has 0 bridgehead atoms. The molecule has 0 aliphatic carbocycles. The number of hydrogen-bond acceptors (Lipinski definition) is 4. The van der Waals surface area contributed by atoms with Gasteiger partial charge in [0.25, 0.3) is 0 Å². The van der Waals surface area contributed by atoms with Gasteiger partial charge in [-0.1, -0.05) is 13.8 Å². The molecule has 0 spiro atoms. The highest BCUT2D eigenvalue weighted by Crippen LogP contribution is 2.25. The van der Waals surface area contributed by atoms with E-state index in [4.69, 9.17) is 0 Å². The minimum Gasteiger partial charge on any atom is -0.284 e. The predicted octanol–water partition coefficient (Wildman–Crippen LogP) is 1.04. The fourth-order valence-electron chi connectivity index (χ4n) is 0.992. The normalized spacial score (nSPS) is 27.3. The van der Waals surface area contributed by atoms with Crippen LogP contribution in [0, 0.1) is 0 Å². The van der Waals surface area contributed by atoms with Gasteiger partial charge in [-0.3, -0.25) is 14.5 Å². The Labute approximate surface area is 88.7 Å². The maximum absolute atomic E-state index is 11.2. The van der Waals surface area contributed by atoms with Crippen molar-refractivity contribution >= 4 is 36.2 Å². The van der Waals surface area contributed by atoms with Crippen LogP contribution in [0.25, 0.3) is 0 Å². The number of likely N-dealkylation sites (tertiary alicyclic amines) is 1. The van der Waals surface area contributed by atoms with Crippen LogP contribution in [0.2, 0.25) is 0 Å². The van der Waals surface area contributed by atoms with Crippen molar-refractivity contribution in [2.24, 2.45) is 0 Å². The number of thiol groups is 1. The van der Waals surface area contributed by atoms with Gasteiger partial charge in [0.1, 0.15) is 10.5 Å². The summed E-state index contributed by atoms with van der Waals surface area (Å²) in [5.74, 6) is -0.333. The number of imide groups is 1. The first-order chi connectivity index (χ1) is 6.09. The van der Waals surface area contributed by atoms with E-state index in [1.807, 2.05) is 13.8 Å². The molecule has 2 atom stereocenters. The summed E-state index contributed by atoms with van der Waals surface area (Å²) in [5.41, 5.74) is 0. The lowest BCUT2D eigenvalue weighted by Gasteiger charge is -2.05. The lowest BCUT2D eigenvalue weighted by atomic mass is 10.3. The van der Waals surface area contributed by atoms with Gasteiger partial charge >= 0.3 is 0 Å². The molecule has 1 heterocycles. The summed E-state index contributed by atoms with van der Waals surface area (Å²) < 4.78 is 0. The number of carbonyl (C=O) groups excluding carboxylic acids is 2. The number of nitrogens with zero attached hydrogens (tertiary/aromatic N) is 1. The molecule has 0 aromatic heterocycles. The molecule has 2 unspecified atom stereocenters. The molecule has 0 aromatic carbocycles. The van der Waals surface area contributed by atoms with Crippen molar-refractivity contribution in [3.63, 3.8) is 0 Å². The Kier molecular flexibility index (Phi) is 5.48. The molecular formula is C8H15NO2S2. The van der Waals surface area contributed by atoms with Crippen molar-refractivity contribution < 1.29 is 9.59 Å². The lowest BCUT2D eigenvalue weighted by Crippen LogP contribution is -2.26. The van der Waals surface area contributed by atoms with Crippen LogP contribution in [0.15, 0.2) is 0 Å². The van der Waals surface area contributed by atoms with E-state index in [0.29, 0.717) is 0 Å². The van der Waals surface area contributed by atoms with Gasteiger partial charge in [0.2, 0.25) is 11.8 Å². The minimum absolute atomic E-state index is 0.137. The molecule has 0 aromatic rings. The Morgan fingerprint density at radius 2 is 1.77 bits per heavy atom. The second-order valence-corrected chi connectivity index (χ2v) is 3.87. The predicted molar refractivity (Wildman–Crippen MR) is 59.2 cm³/mol. The highest BCUT2D eigenvalue weighted by atomic mass is 32.2. The van der Waals surface area contributed by atoms with Crippen molar-refractivity contribution in [3.8, 4) is 0 Å². The van der Waals surface area contributed by atoms with Crippen LogP contribution < -0.4 is 0 Å². The third kappa shape index (κ3) is 2.40. The van der Waals surface area contributed by atoms with E-state index in [1.165, 1.54) is 18.8 Å². The second-order valence-electron chi connectivity index (χ2n) is 2.34. The minimum atomic E-state index is -0.456. The van der Waals surface area contributed by atoms with Crippen LogP contribution in [-0.4, -0.2) is 40.5 Å². The third-order valence-corrected chi connectivity index (χ3v) is 3.40. The summed E-state index contributed by atoms with van der Waals surface area (Å²) in [6, 6.07) is 0. The second kappa shape index (κ2) is 5.54. The van der Waals surface area contributed by atoms with Gasteiger partial charge in [-0.05, 0) is 6.26 Å². The Morgan fingerprint density at radius 3 is 1.92 bits per heavy atom. The summed E-state index contributed by atoms with van der Waals surface area (Å²) in [5, 5.41) is -0.752. The summed E-state index contributed by atoms with van der Waals surface area (Å²) >= 11 is 5.42. The molecule has 0 radical (unpaired) electrons. The van der Waals surface area contributed by atoms with Gasteiger partial charge < -0.3 is 0 Å². The lowest BCUT2D eigenvalue weighted by molar-refractivity contribution is -0.136. The smallest absolute Gasteiger partial charge is 0.243 e. The van der Waals surface area contributed by atoms with E-state index in [-0.39, 0.29) is 17.1 Å². The Hall–Kier alpha value is -0.160. The molecule has 1 aliphatic heterocycles. The van der Waals surface area contributed by atoms with E-state index in [2.05, 4.69) is 12.6 Å². The van der Waals surface area contributed by atoms with Crippen LogP contribution in [0.1, 0.15) is 13.8 Å². The molecule has 1 saturated heterocycles. The topological polar surface area (TPSA) is 37.4 Å². The molecule has 1 aliphatic rings. The maximum atomic E-state index is 11.2. The zero-order valence-electron chi connectivity index (χ0n) is 8.27. The van der Waals surface area contributed by atoms with E-state index >= 15 is 0 Å². The van der Waals surface area contributed by atoms with Gasteiger partial charge in [-0.25, -0.2) is 0 Å². The van der Waals surface area contributed by atoms with Gasteiger partial charge in [0.05, 0.1) is 0 Å². The van der Waals surface area contributed by atoms with Gasteiger partial charge in [-0.2, -0.15) is 24.4 Å². The Morgan fingerprint density at radius 1 is 1.31 bits per heavy atom. The number of carbonyl (C=O) groups is 2. The van der Waals surface area contributed by atoms with Crippen LogP contribution >= 0.6 is 24.4 Å². The van der Waals surface area contributed by atoms with Crippen molar-refractivity contribution in [1.82, 2.24) is 4.90 Å². The maximum Gasteiger partial charge on any atom is 0.243 e. The van der Waals surface area contributed by atoms with E-state index in [1.54, 1.807) is 6.26 Å². The molecule has 76 valence electrons. The zero-order valence-corrected chi connectivity index (χ0v) is 9.98. The molecule has 0 saturated carbocycles. The first-order valence-electron chi connectivity index (χ1n) is 4.12. The Balaban J connectivity index is 0.000000671. The average molecular weight is 221 g/mol. The zero-order chi connectivity index (χ0) is 10.6. The largest absolute Gasteiger partial charge is 0.284 e. The van der Waals surface area contributed by atoms with E-state index in [0.717, 1.165) is 4.90 Å². The molecule has 2 amide bonds. The van der Waals surface area contributed by atoms with Gasteiger partial charge in [-0.15, -0.1) is 0 Å². The number of hydrogen-bond donors (Lipinski definition) is 1. The summed E-state index contributed by atoms with van der Waals surface area (Å²) in [6.45, 7) is 4.00. The van der Waals surface area contributed by atoms with Crippen molar-refractivity contribution in [2.45, 2.75) is 24.3 Å². The highest BCUT2D eigenvalue weighted by Gasteiger charge is 2.43. The van der Waals surface area contributed by atoms with Gasteiger partial charge in [0.15, 0.2) is 0 Å². The van der Waals surface area contributed by atoms with Crippen LogP contribution in [-0.2, 0) is 9.59 Å². The molecule has 13 heavy (non-hydrogen) atoms. The van der Waals surface area contributed by atoms with Crippen molar-refractivity contribution in [1.29, 1.82) is 0 Å². The van der Waals surface area contributed by atoms with E-state index < -0.39 is 5.25 Å².